The highest BCUT2D eigenvalue weighted by Crippen LogP contribution is 2.38. The molecule has 1 aromatic heterocycles. The summed E-state index contributed by atoms with van der Waals surface area (Å²) in [5.74, 6) is -0.460. The zero-order valence-corrected chi connectivity index (χ0v) is 17.7. The monoisotopic (exact) mass is 446 g/mol. The second kappa shape index (κ2) is 8.34. The second-order valence-corrected chi connectivity index (χ2v) is 9.11. The quantitative estimate of drug-likeness (QED) is 0.508. The summed E-state index contributed by atoms with van der Waals surface area (Å²) in [4.78, 5) is 26.3. The molecule has 1 amide bonds. The van der Waals surface area contributed by atoms with Gasteiger partial charge in [-0.2, -0.15) is 0 Å². The molecule has 5 nitrogen and oxygen atoms in total. The van der Waals surface area contributed by atoms with Crippen LogP contribution in [0.3, 0.4) is 0 Å². The third kappa shape index (κ3) is 4.13. The zero-order chi connectivity index (χ0) is 20.5. The Labute approximate surface area is 182 Å². The summed E-state index contributed by atoms with van der Waals surface area (Å²) in [7, 11) is 0. The van der Waals surface area contributed by atoms with Crippen LogP contribution in [0, 0.1) is 0 Å². The third-order valence-corrected chi connectivity index (χ3v) is 6.79. The van der Waals surface area contributed by atoms with Gasteiger partial charge in [-0.15, -0.1) is 0 Å². The minimum absolute atomic E-state index is 0.0735. The topological polar surface area (TPSA) is 73.6 Å². The molecule has 8 heteroatoms. The van der Waals surface area contributed by atoms with E-state index in [9.17, 15) is 14.7 Å². The number of thioether (sulfide) groups is 1. The fourth-order valence-corrected chi connectivity index (χ4v) is 5.26. The molecular formula is C21H17ClNO4S2-. The maximum absolute atomic E-state index is 12.9. The van der Waals surface area contributed by atoms with E-state index < -0.39 is 5.97 Å². The first-order valence-electron chi connectivity index (χ1n) is 9.32. The Hall–Kier alpha value is -2.09. The highest BCUT2D eigenvalue weighted by Gasteiger charge is 2.37. The van der Waals surface area contributed by atoms with Crippen molar-refractivity contribution in [3.63, 3.8) is 0 Å². The molecule has 4 rings (SSSR count). The van der Waals surface area contributed by atoms with E-state index >= 15 is 0 Å². The number of thiocarbonyl (C=S) groups is 1. The number of furan rings is 1. The Morgan fingerprint density at radius 2 is 2.00 bits per heavy atom. The average Bonchev–Trinajstić information content (AvgIpc) is 3.27. The Morgan fingerprint density at radius 3 is 2.72 bits per heavy atom. The normalized spacial score (nSPS) is 19.3. The van der Waals surface area contributed by atoms with E-state index in [4.69, 9.17) is 28.2 Å². The van der Waals surface area contributed by atoms with Gasteiger partial charge >= 0.3 is 0 Å². The summed E-state index contributed by atoms with van der Waals surface area (Å²) >= 11 is 12.6. The Balaban J connectivity index is 1.57. The van der Waals surface area contributed by atoms with E-state index in [1.165, 1.54) is 30.3 Å². The molecule has 2 heterocycles. The van der Waals surface area contributed by atoms with E-state index in [-0.39, 0.29) is 22.5 Å². The number of carbonyl (C=O) groups excluding carboxylic acids is 2. The van der Waals surface area contributed by atoms with Crippen molar-refractivity contribution >= 4 is 57.9 Å². The first kappa shape index (κ1) is 20.2. The molecule has 1 aromatic carbocycles. The molecule has 0 bridgehead atoms. The van der Waals surface area contributed by atoms with E-state index in [0.717, 1.165) is 25.7 Å². The van der Waals surface area contributed by atoms with Gasteiger partial charge in [-0.3, -0.25) is 9.69 Å². The number of halogens is 1. The van der Waals surface area contributed by atoms with Crippen LogP contribution in [0.25, 0.3) is 17.4 Å². The molecule has 0 spiro atoms. The van der Waals surface area contributed by atoms with Gasteiger partial charge in [-0.25, -0.2) is 0 Å². The van der Waals surface area contributed by atoms with Crippen LogP contribution in [0.5, 0.6) is 0 Å². The molecule has 2 fully saturated rings. The number of benzene rings is 1. The fourth-order valence-electron chi connectivity index (χ4n) is 3.68. The third-order valence-electron chi connectivity index (χ3n) is 5.13. The number of carboxylic acids is 1. The number of aromatic carboxylic acids is 1. The minimum Gasteiger partial charge on any atom is -0.545 e. The summed E-state index contributed by atoms with van der Waals surface area (Å²) in [5, 5.41) is 11.3. The summed E-state index contributed by atoms with van der Waals surface area (Å²) in [5.41, 5.74) is 0.457. The molecule has 150 valence electrons. The lowest BCUT2D eigenvalue weighted by molar-refractivity contribution is -0.255. The smallest absolute Gasteiger partial charge is 0.266 e. The van der Waals surface area contributed by atoms with Crippen molar-refractivity contribution in [2.75, 3.05) is 0 Å². The molecule has 1 saturated carbocycles. The number of hydrogen-bond acceptors (Lipinski definition) is 6. The van der Waals surface area contributed by atoms with Crippen molar-refractivity contribution < 1.29 is 19.1 Å². The molecule has 1 aliphatic carbocycles. The number of nitrogens with zero attached hydrogens (tertiary/aromatic N) is 1. The number of carboxylic acid groups (broad SMARTS) is 1. The van der Waals surface area contributed by atoms with Gasteiger partial charge in [0.15, 0.2) is 0 Å². The summed E-state index contributed by atoms with van der Waals surface area (Å²) in [6.07, 6.45) is 7.11. The largest absolute Gasteiger partial charge is 0.545 e. The van der Waals surface area contributed by atoms with E-state index in [2.05, 4.69) is 0 Å². The number of carbonyl (C=O) groups is 2. The van der Waals surface area contributed by atoms with Crippen molar-refractivity contribution in [1.82, 2.24) is 4.90 Å². The van der Waals surface area contributed by atoms with Crippen molar-refractivity contribution in [3.8, 4) is 11.3 Å². The molecule has 0 radical (unpaired) electrons. The lowest BCUT2D eigenvalue weighted by Gasteiger charge is -2.29. The molecule has 2 aliphatic rings. The molecule has 2 aromatic rings. The van der Waals surface area contributed by atoms with Gasteiger partial charge in [-0.05, 0) is 43.2 Å². The number of amides is 1. The van der Waals surface area contributed by atoms with Gasteiger partial charge in [0.25, 0.3) is 5.91 Å². The summed E-state index contributed by atoms with van der Waals surface area (Å²) in [6, 6.07) is 8.19. The van der Waals surface area contributed by atoms with Crippen LogP contribution < -0.4 is 5.11 Å². The molecule has 0 unspecified atom stereocenters. The van der Waals surface area contributed by atoms with Gasteiger partial charge in [0.1, 0.15) is 15.8 Å². The second-order valence-electron chi connectivity index (χ2n) is 7.03. The highest BCUT2D eigenvalue weighted by molar-refractivity contribution is 8.26. The Bertz CT molecular complexity index is 1020. The van der Waals surface area contributed by atoms with E-state index in [1.54, 1.807) is 29.2 Å². The van der Waals surface area contributed by atoms with E-state index in [1.807, 2.05) is 0 Å². The van der Waals surface area contributed by atoms with Gasteiger partial charge < -0.3 is 14.3 Å². The van der Waals surface area contributed by atoms with Crippen molar-refractivity contribution in [3.05, 3.63) is 51.6 Å². The van der Waals surface area contributed by atoms with Crippen molar-refractivity contribution in [2.45, 2.75) is 38.1 Å². The van der Waals surface area contributed by atoms with Crippen LogP contribution in [0.15, 0.2) is 39.7 Å². The summed E-state index contributed by atoms with van der Waals surface area (Å²) in [6.45, 7) is 0. The van der Waals surface area contributed by atoms with Gasteiger partial charge in [0.2, 0.25) is 0 Å². The van der Waals surface area contributed by atoms with Crippen LogP contribution in [-0.2, 0) is 4.79 Å². The molecule has 1 saturated heterocycles. The maximum Gasteiger partial charge on any atom is 0.266 e. The maximum atomic E-state index is 12.9. The molecular weight excluding hydrogens is 430 g/mol. The summed E-state index contributed by atoms with van der Waals surface area (Å²) < 4.78 is 6.40. The Morgan fingerprint density at radius 1 is 1.24 bits per heavy atom. The molecule has 29 heavy (non-hydrogen) atoms. The fraction of sp³-hybridized carbons (Fsp3) is 0.286. The van der Waals surface area contributed by atoms with Crippen LogP contribution in [-0.4, -0.2) is 27.1 Å². The van der Waals surface area contributed by atoms with Gasteiger partial charge in [0.05, 0.1) is 10.9 Å². The van der Waals surface area contributed by atoms with Crippen LogP contribution in [0.2, 0.25) is 5.02 Å². The lowest BCUT2D eigenvalue weighted by Crippen LogP contribution is -2.39. The highest BCUT2D eigenvalue weighted by atomic mass is 35.5. The predicted molar refractivity (Wildman–Crippen MR) is 115 cm³/mol. The standard InChI is InChI=1S/C21H18ClNO4S2/c22-16-8-6-12(10-15(16)20(25)26)17-9-7-14(27-17)11-18-19(24)23(21(28)29-18)13-4-2-1-3-5-13/h6-11,13H,1-5H2,(H,25,26)/p-1/b18-11-. The Kier molecular flexibility index (Phi) is 5.81. The van der Waals surface area contributed by atoms with Crippen LogP contribution >= 0.6 is 35.6 Å². The van der Waals surface area contributed by atoms with Crippen molar-refractivity contribution in [1.29, 1.82) is 0 Å². The van der Waals surface area contributed by atoms with Gasteiger partial charge in [-0.1, -0.05) is 54.8 Å². The van der Waals surface area contributed by atoms with E-state index in [0.29, 0.717) is 26.3 Å². The van der Waals surface area contributed by atoms with Crippen LogP contribution in [0.4, 0.5) is 0 Å². The first-order valence-corrected chi connectivity index (χ1v) is 10.9. The number of rotatable bonds is 4. The predicted octanol–water partition coefficient (Wildman–Crippen LogP) is 4.50. The van der Waals surface area contributed by atoms with Crippen molar-refractivity contribution in [2.24, 2.45) is 0 Å². The minimum atomic E-state index is -1.35. The molecule has 0 atom stereocenters. The van der Waals surface area contributed by atoms with Gasteiger partial charge in [0, 0.05) is 28.3 Å². The molecule has 0 N–H and O–H groups in total. The number of hydrogen-bond donors (Lipinski definition) is 0. The SMILES string of the molecule is O=C([O-])c1cc(-c2ccc(/C=C3\SC(=S)N(C4CCCCC4)C3=O)o2)ccc1Cl. The average molecular weight is 447 g/mol. The zero-order valence-electron chi connectivity index (χ0n) is 15.4. The lowest BCUT2D eigenvalue weighted by atomic mass is 9.94. The first-order chi connectivity index (χ1) is 13.9. The molecule has 1 aliphatic heterocycles. The van der Waals surface area contributed by atoms with Crippen LogP contribution in [0.1, 0.15) is 48.2 Å².